The zero-order valence-electron chi connectivity index (χ0n) is 11.4. The van der Waals surface area contributed by atoms with Crippen molar-refractivity contribution in [3.05, 3.63) is 21.5 Å². The van der Waals surface area contributed by atoms with Crippen LogP contribution in [0.4, 0.5) is 10.3 Å². The lowest BCUT2D eigenvalue weighted by Crippen LogP contribution is -2.29. The van der Waals surface area contributed by atoms with E-state index < -0.39 is 0 Å². The Kier molecular flexibility index (Phi) is 3.85. The van der Waals surface area contributed by atoms with Gasteiger partial charge in [0.05, 0.1) is 14.6 Å². The zero-order chi connectivity index (χ0) is 14.3. The first-order valence-corrected chi connectivity index (χ1v) is 8.03. The summed E-state index contributed by atoms with van der Waals surface area (Å²) in [4.78, 5) is 6.78. The van der Waals surface area contributed by atoms with Gasteiger partial charge in [-0.3, -0.25) is 4.90 Å². The summed E-state index contributed by atoms with van der Waals surface area (Å²) in [6.45, 7) is 4.91. The summed E-state index contributed by atoms with van der Waals surface area (Å²) < 4.78 is 16.2. The Balaban J connectivity index is 1.86. The number of nitrogen functional groups attached to an aromatic ring is 1. The Morgan fingerprint density at radius 1 is 1.50 bits per heavy atom. The highest BCUT2D eigenvalue weighted by atomic mass is 127. The molecule has 0 unspecified atom stereocenters. The molecule has 0 amide bonds. The smallest absolute Gasteiger partial charge is 0.201 e. The van der Waals surface area contributed by atoms with Crippen molar-refractivity contribution in [3.8, 4) is 0 Å². The average molecular weight is 388 g/mol. The molecule has 0 saturated heterocycles. The highest BCUT2D eigenvalue weighted by molar-refractivity contribution is 14.1. The SMILES string of the molecule is CCN(CCn1c(N)nc2cc(I)c(F)cc21)C1CC1. The molecule has 0 bridgehead atoms. The van der Waals surface area contributed by atoms with Crippen LogP contribution in [0.15, 0.2) is 12.1 Å². The van der Waals surface area contributed by atoms with Gasteiger partial charge in [-0.15, -0.1) is 0 Å². The number of rotatable bonds is 5. The first-order chi connectivity index (χ1) is 9.60. The number of benzene rings is 1. The Bertz CT molecular complexity index is 636. The molecule has 1 aliphatic rings. The third kappa shape index (κ3) is 2.63. The van der Waals surface area contributed by atoms with Gasteiger partial charge in [-0.05, 0) is 48.0 Å². The maximum absolute atomic E-state index is 13.7. The van der Waals surface area contributed by atoms with Crippen LogP contribution in [-0.4, -0.2) is 33.6 Å². The van der Waals surface area contributed by atoms with E-state index in [0.717, 1.165) is 36.7 Å². The molecule has 2 N–H and O–H groups in total. The van der Waals surface area contributed by atoms with Crippen LogP contribution in [0.25, 0.3) is 11.0 Å². The topological polar surface area (TPSA) is 47.1 Å². The number of hydrogen-bond acceptors (Lipinski definition) is 3. The standard InChI is InChI=1S/C14H18FIN4/c1-2-19(9-3-4-9)5-6-20-13-7-10(15)11(16)8-12(13)18-14(20)17/h7-9H,2-6H2,1H3,(H2,17,18). The van der Waals surface area contributed by atoms with Gasteiger partial charge in [0, 0.05) is 25.2 Å². The number of nitrogens with zero attached hydrogens (tertiary/aromatic N) is 3. The lowest BCUT2D eigenvalue weighted by molar-refractivity contribution is 0.268. The number of anilines is 1. The maximum atomic E-state index is 13.7. The van der Waals surface area contributed by atoms with Gasteiger partial charge < -0.3 is 10.3 Å². The van der Waals surface area contributed by atoms with Gasteiger partial charge in [0.15, 0.2) is 0 Å². The predicted octanol–water partition coefficient (Wildman–Crippen LogP) is 2.85. The first kappa shape index (κ1) is 14.1. The maximum Gasteiger partial charge on any atom is 0.201 e. The second-order valence-corrected chi connectivity index (χ2v) is 6.40. The molecule has 1 aromatic carbocycles. The third-order valence-corrected chi connectivity index (χ3v) is 4.73. The summed E-state index contributed by atoms with van der Waals surface area (Å²) in [6, 6.07) is 4.01. The Labute approximate surface area is 131 Å². The van der Waals surface area contributed by atoms with Gasteiger partial charge in [0.2, 0.25) is 5.95 Å². The van der Waals surface area contributed by atoms with Crippen LogP contribution in [-0.2, 0) is 6.54 Å². The summed E-state index contributed by atoms with van der Waals surface area (Å²) in [5.74, 6) is 0.252. The van der Waals surface area contributed by atoms with Gasteiger partial charge in [-0.2, -0.15) is 0 Å². The second-order valence-electron chi connectivity index (χ2n) is 5.24. The van der Waals surface area contributed by atoms with Crippen LogP contribution in [0.3, 0.4) is 0 Å². The van der Waals surface area contributed by atoms with E-state index in [9.17, 15) is 4.39 Å². The molecule has 1 fully saturated rings. The number of nitrogens with two attached hydrogens (primary N) is 1. The molecule has 4 nitrogen and oxygen atoms in total. The molecule has 0 atom stereocenters. The fraction of sp³-hybridized carbons (Fsp3) is 0.500. The van der Waals surface area contributed by atoms with Crippen LogP contribution in [0.1, 0.15) is 19.8 Å². The Morgan fingerprint density at radius 3 is 2.90 bits per heavy atom. The minimum atomic E-state index is -0.214. The number of aromatic nitrogens is 2. The van der Waals surface area contributed by atoms with Crippen molar-refractivity contribution in [2.75, 3.05) is 18.8 Å². The molecule has 1 heterocycles. The molecule has 0 aliphatic heterocycles. The molecular formula is C14H18FIN4. The van der Waals surface area contributed by atoms with E-state index in [1.165, 1.54) is 18.9 Å². The van der Waals surface area contributed by atoms with Gasteiger partial charge >= 0.3 is 0 Å². The van der Waals surface area contributed by atoms with E-state index in [2.05, 4.69) is 16.8 Å². The second kappa shape index (κ2) is 5.48. The fourth-order valence-corrected chi connectivity index (χ4v) is 3.09. The van der Waals surface area contributed by atoms with Crippen molar-refractivity contribution in [2.24, 2.45) is 0 Å². The summed E-state index contributed by atoms with van der Waals surface area (Å²) in [5.41, 5.74) is 7.53. The van der Waals surface area contributed by atoms with E-state index in [-0.39, 0.29) is 5.82 Å². The van der Waals surface area contributed by atoms with Crippen molar-refractivity contribution >= 4 is 39.6 Å². The van der Waals surface area contributed by atoms with Crippen molar-refractivity contribution in [3.63, 3.8) is 0 Å². The summed E-state index contributed by atoms with van der Waals surface area (Å²) in [5, 5.41) is 0. The molecule has 1 saturated carbocycles. The quantitative estimate of drug-likeness (QED) is 0.802. The van der Waals surface area contributed by atoms with Gasteiger partial charge in [-0.25, -0.2) is 9.37 Å². The summed E-state index contributed by atoms with van der Waals surface area (Å²) >= 11 is 1.97. The average Bonchev–Trinajstić information content (AvgIpc) is 3.19. The normalized spacial score (nSPS) is 15.4. The summed E-state index contributed by atoms with van der Waals surface area (Å²) in [7, 11) is 0. The van der Waals surface area contributed by atoms with Gasteiger partial charge in [0.1, 0.15) is 5.82 Å². The molecule has 0 radical (unpaired) electrons. The van der Waals surface area contributed by atoms with E-state index in [1.54, 1.807) is 6.07 Å². The highest BCUT2D eigenvalue weighted by Crippen LogP contribution is 2.27. The lowest BCUT2D eigenvalue weighted by Gasteiger charge is -2.20. The monoisotopic (exact) mass is 388 g/mol. The van der Waals surface area contributed by atoms with E-state index in [4.69, 9.17) is 5.73 Å². The van der Waals surface area contributed by atoms with Crippen molar-refractivity contribution in [1.82, 2.24) is 14.5 Å². The van der Waals surface area contributed by atoms with Crippen molar-refractivity contribution < 1.29 is 4.39 Å². The number of imidazole rings is 1. The van der Waals surface area contributed by atoms with Crippen LogP contribution < -0.4 is 5.73 Å². The molecule has 20 heavy (non-hydrogen) atoms. The van der Waals surface area contributed by atoms with E-state index in [1.807, 2.05) is 27.2 Å². The molecule has 6 heteroatoms. The molecule has 108 valence electrons. The zero-order valence-corrected chi connectivity index (χ0v) is 13.6. The Hall–Kier alpha value is -0.890. The van der Waals surface area contributed by atoms with E-state index >= 15 is 0 Å². The van der Waals surface area contributed by atoms with E-state index in [0.29, 0.717) is 9.52 Å². The fourth-order valence-electron chi connectivity index (χ4n) is 2.64. The number of likely N-dealkylation sites (N-methyl/N-ethyl adjacent to an activating group) is 1. The number of hydrogen-bond donors (Lipinski definition) is 1. The van der Waals surface area contributed by atoms with Crippen LogP contribution >= 0.6 is 22.6 Å². The Morgan fingerprint density at radius 2 is 2.25 bits per heavy atom. The molecule has 0 spiro atoms. The molecule has 3 rings (SSSR count). The van der Waals surface area contributed by atoms with Crippen LogP contribution in [0.2, 0.25) is 0 Å². The van der Waals surface area contributed by atoms with Crippen LogP contribution in [0.5, 0.6) is 0 Å². The van der Waals surface area contributed by atoms with Crippen molar-refractivity contribution in [1.29, 1.82) is 0 Å². The molecule has 1 aromatic heterocycles. The summed E-state index contributed by atoms with van der Waals surface area (Å²) in [6.07, 6.45) is 2.58. The first-order valence-electron chi connectivity index (χ1n) is 6.95. The molecule has 2 aromatic rings. The minimum Gasteiger partial charge on any atom is -0.369 e. The van der Waals surface area contributed by atoms with Gasteiger partial charge in [-0.1, -0.05) is 6.92 Å². The molecular weight excluding hydrogens is 370 g/mol. The number of halogens is 2. The predicted molar refractivity (Wildman–Crippen MR) is 87.1 cm³/mol. The third-order valence-electron chi connectivity index (χ3n) is 3.90. The van der Waals surface area contributed by atoms with Gasteiger partial charge in [0.25, 0.3) is 0 Å². The van der Waals surface area contributed by atoms with Crippen LogP contribution in [0, 0.1) is 9.39 Å². The highest BCUT2D eigenvalue weighted by Gasteiger charge is 2.27. The largest absolute Gasteiger partial charge is 0.369 e. The number of fused-ring (bicyclic) bond motifs is 1. The van der Waals surface area contributed by atoms with Crippen molar-refractivity contribution in [2.45, 2.75) is 32.4 Å². The minimum absolute atomic E-state index is 0.214. The lowest BCUT2D eigenvalue weighted by atomic mass is 10.3. The molecule has 1 aliphatic carbocycles.